The van der Waals surface area contributed by atoms with Gasteiger partial charge in [-0.15, -0.1) is 6.58 Å². The normalized spacial score (nSPS) is 10.8. The third-order valence-electron chi connectivity index (χ3n) is 2.46. The van der Waals surface area contributed by atoms with E-state index in [4.69, 9.17) is 0 Å². The van der Waals surface area contributed by atoms with Gasteiger partial charge in [0, 0.05) is 0 Å². The Morgan fingerprint density at radius 3 is 2.07 bits per heavy atom. The average Bonchev–Trinajstić information content (AvgIpc) is 2.18. The maximum absolute atomic E-state index is 3.74. The molecule has 0 aromatic heterocycles. The molecule has 0 saturated carbocycles. The second kappa shape index (κ2) is 10.8. The van der Waals surface area contributed by atoms with Crippen LogP contribution in [0.15, 0.2) is 12.7 Å². The fraction of sp³-hybridized carbons (Fsp3) is 0.846. The van der Waals surface area contributed by atoms with Gasteiger partial charge in [-0.05, 0) is 51.7 Å². The number of unbranched alkanes of at least 4 members (excludes halogenated alkanes) is 3. The van der Waals surface area contributed by atoms with Crippen molar-refractivity contribution in [3.05, 3.63) is 12.7 Å². The highest BCUT2D eigenvalue weighted by atomic mass is 15.1. The monoisotopic (exact) mass is 197 g/mol. The lowest BCUT2D eigenvalue weighted by Gasteiger charge is -2.20. The number of hydrogen-bond donors (Lipinski definition) is 0. The van der Waals surface area contributed by atoms with Gasteiger partial charge in [0.2, 0.25) is 0 Å². The summed E-state index contributed by atoms with van der Waals surface area (Å²) in [6.45, 7) is 12.1. The quantitative estimate of drug-likeness (QED) is 0.380. The Kier molecular flexibility index (Phi) is 10.5. The fourth-order valence-electron chi connectivity index (χ4n) is 1.77. The minimum atomic E-state index is 1.18. The molecule has 0 aromatic rings. The molecule has 0 atom stereocenters. The molecule has 0 aliphatic heterocycles. The van der Waals surface area contributed by atoms with Crippen LogP contribution in [0.25, 0.3) is 0 Å². The predicted molar refractivity (Wildman–Crippen MR) is 65.7 cm³/mol. The van der Waals surface area contributed by atoms with Crippen molar-refractivity contribution >= 4 is 0 Å². The average molecular weight is 197 g/mol. The molecule has 14 heavy (non-hydrogen) atoms. The first-order chi connectivity index (χ1) is 6.85. The van der Waals surface area contributed by atoms with E-state index in [2.05, 4.69) is 25.3 Å². The van der Waals surface area contributed by atoms with Crippen molar-refractivity contribution < 1.29 is 0 Å². The van der Waals surface area contributed by atoms with Crippen LogP contribution in [0.4, 0.5) is 0 Å². The minimum absolute atomic E-state index is 1.18. The molecule has 0 amide bonds. The first-order valence-electron chi connectivity index (χ1n) is 6.18. The lowest BCUT2D eigenvalue weighted by atomic mass is 10.2. The largest absolute Gasteiger partial charge is 0.303 e. The summed E-state index contributed by atoms with van der Waals surface area (Å²) in [5.74, 6) is 0. The van der Waals surface area contributed by atoms with Crippen LogP contribution in [-0.2, 0) is 0 Å². The van der Waals surface area contributed by atoms with Crippen LogP contribution in [0.5, 0.6) is 0 Å². The lowest BCUT2D eigenvalue weighted by Crippen LogP contribution is -2.26. The molecule has 0 aliphatic carbocycles. The number of hydrogen-bond acceptors (Lipinski definition) is 1. The van der Waals surface area contributed by atoms with Gasteiger partial charge in [0.1, 0.15) is 0 Å². The molecule has 0 N–H and O–H groups in total. The van der Waals surface area contributed by atoms with Gasteiger partial charge in [-0.3, -0.25) is 0 Å². The summed E-state index contributed by atoms with van der Waals surface area (Å²) in [6.07, 6.45) is 9.80. The maximum Gasteiger partial charge on any atom is -0.00187 e. The van der Waals surface area contributed by atoms with E-state index in [-0.39, 0.29) is 0 Å². The van der Waals surface area contributed by atoms with Gasteiger partial charge in [0.15, 0.2) is 0 Å². The summed E-state index contributed by atoms with van der Waals surface area (Å²) in [5.41, 5.74) is 0. The molecule has 0 spiro atoms. The van der Waals surface area contributed by atoms with Gasteiger partial charge in [-0.1, -0.05) is 26.3 Å². The standard InChI is InChI=1S/C13H27N/c1-4-7-8-9-10-13-14(11-5-2)12-6-3/h4H,1,5-13H2,2-3H3. The van der Waals surface area contributed by atoms with Gasteiger partial charge in [0.25, 0.3) is 0 Å². The highest BCUT2D eigenvalue weighted by Crippen LogP contribution is 2.03. The first kappa shape index (κ1) is 13.7. The third-order valence-corrected chi connectivity index (χ3v) is 2.46. The third kappa shape index (κ3) is 8.31. The van der Waals surface area contributed by atoms with Gasteiger partial charge in [-0.2, -0.15) is 0 Å². The maximum atomic E-state index is 3.74. The van der Waals surface area contributed by atoms with Crippen molar-refractivity contribution in [2.24, 2.45) is 0 Å². The molecule has 1 heteroatoms. The Bertz CT molecular complexity index is 114. The Morgan fingerprint density at radius 1 is 0.929 bits per heavy atom. The summed E-state index contributed by atoms with van der Waals surface area (Å²) in [6, 6.07) is 0. The molecule has 0 aromatic carbocycles. The van der Waals surface area contributed by atoms with E-state index in [0.717, 1.165) is 0 Å². The molecule has 0 fully saturated rings. The van der Waals surface area contributed by atoms with Crippen LogP contribution < -0.4 is 0 Å². The SMILES string of the molecule is C=CCCCCCN(CCC)CCC. The Hall–Kier alpha value is -0.300. The molecule has 0 unspecified atom stereocenters. The van der Waals surface area contributed by atoms with Crippen molar-refractivity contribution in [2.75, 3.05) is 19.6 Å². The van der Waals surface area contributed by atoms with Crippen molar-refractivity contribution in [2.45, 2.75) is 52.4 Å². The summed E-state index contributed by atoms with van der Waals surface area (Å²) in [4.78, 5) is 2.59. The molecular formula is C13H27N. The molecule has 0 rings (SSSR count). The van der Waals surface area contributed by atoms with Crippen molar-refractivity contribution in [1.29, 1.82) is 0 Å². The van der Waals surface area contributed by atoms with E-state index in [1.807, 2.05) is 6.08 Å². The zero-order valence-corrected chi connectivity index (χ0v) is 10.1. The summed E-state index contributed by atoms with van der Waals surface area (Å²) in [7, 11) is 0. The second-order valence-electron chi connectivity index (χ2n) is 3.98. The second-order valence-corrected chi connectivity index (χ2v) is 3.98. The van der Waals surface area contributed by atoms with Crippen LogP contribution in [0.3, 0.4) is 0 Å². The van der Waals surface area contributed by atoms with Crippen LogP contribution in [0.1, 0.15) is 52.4 Å². The molecule has 0 heterocycles. The van der Waals surface area contributed by atoms with E-state index < -0.39 is 0 Å². The lowest BCUT2D eigenvalue weighted by molar-refractivity contribution is 0.268. The minimum Gasteiger partial charge on any atom is -0.303 e. The Balaban J connectivity index is 3.34. The number of nitrogens with zero attached hydrogens (tertiary/aromatic N) is 1. The molecule has 0 bridgehead atoms. The predicted octanol–water partition coefficient (Wildman–Crippen LogP) is 3.85. The highest BCUT2D eigenvalue weighted by molar-refractivity contribution is 4.66. The van der Waals surface area contributed by atoms with Crippen molar-refractivity contribution in [3.8, 4) is 0 Å². The zero-order chi connectivity index (χ0) is 10.6. The number of allylic oxidation sites excluding steroid dienone is 1. The first-order valence-corrected chi connectivity index (χ1v) is 6.18. The van der Waals surface area contributed by atoms with Crippen molar-refractivity contribution in [3.63, 3.8) is 0 Å². The van der Waals surface area contributed by atoms with Gasteiger partial charge < -0.3 is 4.90 Å². The fourth-order valence-corrected chi connectivity index (χ4v) is 1.77. The van der Waals surface area contributed by atoms with Gasteiger partial charge in [-0.25, -0.2) is 0 Å². The van der Waals surface area contributed by atoms with Crippen molar-refractivity contribution in [1.82, 2.24) is 4.90 Å². The molecule has 0 saturated heterocycles. The topological polar surface area (TPSA) is 3.24 Å². The molecule has 1 nitrogen and oxygen atoms in total. The summed E-state index contributed by atoms with van der Waals surface area (Å²) in [5, 5.41) is 0. The molecule has 0 radical (unpaired) electrons. The van der Waals surface area contributed by atoms with Crippen LogP contribution in [0, 0.1) is 0 Å². The molecule has 84 valence electrons. The van der Waals surface area contributed by atoms with E-state index in [0.29, 0.717) is 0 Å². The van der Waals surface area contributed by atoms with E-state index in [9.17, 15) is 0 Å². The van der Waals surface area contributed by atoms with Crippen LogP contribution in [0.2, 0.25) is 0 Å². The molecule has 0 aliphatic rings. The Morgan fingerprint density at radius 2 is 1.57 bits per heavy atom. The smallest absolute Gasteiger partial charge is 0.00187 e. The van der Waals surface area contributed by atoms with Gasteiger partial charge in [0.05, 0.1) is 0 Å². The van der Waals surface area contributed by atoms with E-state index in [1.165, 1.54) is 58.2 Å². The zero-order valence-electron chi connectivity index (χ0n) is 10.1. The van der Waals surface area contributed by atoms with Crippen LogP contribution >= 0.6 is 0 Å². The van der Waals surface area contributed by atoms with E-state index in [1.54, 1.807) is 0 Å². The van der Waals surface area contributed by atoms with Gasteiger partial charge >= 0.3 is 0 Å². The van der Waals surface area contributed by atoms with E-state index >= 15 is 0 Å². The summed E-state index contributed by atoms with van der Waals surface area (Å²) < 4.78 is 0. The highest BCUT2D eigenvalue weighted by Gasteiger charge is 2.00. The Labute approximate surface area is 90.2 Å². The summed E-state index contributed by atoms with van der Waals surface area (Å²) >= 11 is 0. The molecular weight excluding hydrogens is 170 g/mol. The number of rotatable bonds is 10. The van der Waals surface area contributed by atoms with Crippen LogP contribution in [-0.4, -0.2) is 24.5 Å².